The maximum absolute atomic E-state index is 11.7. The molecule has 0 heterocycles. The molecule has 45 heavy (non-hydrogen) atoms. The molecule has 4 N–H and O–H groups in total. The van der Waals surface area contributed by atoms with E-state index in [0.717, 1.165) is 49.8 Å². The molecule has 0 aromatic rings. The van der Waals surface area contributed by atoms with Crippen molar-refractivity contribution in [1.82, 2.24) is 10.6 Å². The highest BCUT2D eigenvalue weighted by Gasteiger charge is 2.02. The largest absolute Gasteiger partial charge is 0.449 e. The summed E-state index contributed by atoms with van der Waals surface area (Å²) in [4.78, 5) is 50.7. The normalized spacial score (nSPS) is 11.2. The first-order chi connectivity index (χ1) is 22.2. The summed E-state index contributed by atoms with van der Waals surface area (Å²) < 4.78 is 10.0. The summed E-state index contributed by atoms with van der Waals surface area (Å²) >= 11 is 10.4. The zero-order chi connectivity index (χ0) is 32.7. The summed E-state index contributed by atoms with van der Waals surface area (Å²) in [7, 11) is 0. The Hall–Kier alpha value is -0.580. The van der Waals surface area contributed by atoms with E-state index in [4.69, 9.17) is 39.2 Å². The molecule has 0 radical (unpaired) electrons. The summed E-state index contributed by atoms with van der Waals surface area (Å²) in [5, 5.41) is 25.3. The van der Waals surface area contributed by atoms with Crippen molar-refractivity contribution in [1.29, 1.82) is 0 Å². The van der Waals surface area contributed by atoms with E-state index in [1.54, 1.807) is 70.6 Å². The molecule has 0 saturated heterocycles. The van der Waals surface area contributed by atoms with Crippen molar-refractivity contribution in [2.24, 2.45) is 9.98 Å². The highest BCUT2D eigenvalue weighted by molar-refractivity contribution is 8.16. The first-order valence-electron chi connectivity index (χ1n) is 14.2. The number of thioether (sulfide) groups is 6. The molecule has 0 bridgehead atoms. The van der Waals surface area contributed by atoms with E-state index in [1.165, 1.54) is 12.8 Å². The van der Waals surface area contributed by atoms with Gasteiger partial charge in [0.2, 0.25) is 12.8 Å². The van der Waals surface area contributed by atoms with Gasteiger partial charge in [-0.05, 0) is 6.42 Å². The van der Waals surface area contributed by atoms with Gasteiger partial charge in [0.15, 0.2) is 0 Å². The summed E-state index contributed by atoms with van der Waals surface area (Å²) in [5.41, 5.74) is 0. The van der Waals surface area contributed by atoms with Crippen LogP contribution in [0.25, 0.3) is 0 Å². The third-order valence-corrected chi connectivity index (χ3v) is 11.2. The molecule has 0 aliphatic heterocycles. The van der Waals surface area contributed by atoms with Crippen LogP contribution in [0.15, 0.2) is 9.98 Å². The van der Waals surface area contributed by atoms with Gasteiger partial charge in [-0.2, -0.15) is 9.78 Å². The number of aliphatic hydroxyl groups is 2. The lowest BCUT2D eigenvalue weighted by Gasteiger charge is -2.07. The van der Waals surface area contributed by atoms with Gasteiger partial charge in [-0.1, -0.05) is 0 Å². The van der Waals surface area contributed by atoms with Gasteiger partial charge in [-0.25, -0.2) is 9.59 Å². The topological polar surface area (TPSA) is 179 Å². The van der Waals surface area contributed by atoms with Crippen molar-refractivity contribution < 1.29 is 48.8 Å². The molecule has 0 aromatic heterocycles. The SMILES string of the molecule is O=C(NCCSCSCCN=COOCCSCSCCOC(=O)NCCSCSCCN=COOCCCO)OCCCO. The number of ether oxygens (including phenoxy) is 2. The maximum atomic E-state index is 11.7. The van der Waals surface area contributed by atoms with E-state index in [-0.39, 0.29) is 19.8 Å². The molecule has 0 saturated carbocycles. The molecular weight excluding hydrogens is 709 g/mol. The Kier molecular flexibility index (Phi) is 39.1. The van der Waals surface area contributed by atoms with E-state index in [9.17, 15) is 9.59 Å². The van der Waals surface area contributed by atoms with Crippen molar-refractivity contribution in [2.75, 3.05) is 116 Å². The zero-order valence-corrected chi connectivity index (χ0v) is 30.4. The van der Waals surface area contributed by atoms with Gasteiger partial charge in [0.1, 0.15) is 13.2 Å². The predicted octanol–water partition coefficient (Wildman–Crippen LogP) is 3.43. The van der Waals surface area contributed by atoms with Gasteiger partial charge in [0.25, 0.3) is 0 Å². The summed E-state index contributed by atoms with van der Waals surface area (Å²) in [5.74, 6) is 4.84. The molecule has 20 heteroatoms. The molecule has 0 fully saturated rings. The fourth-order valence-electron chi connectivity index (χ4n) is 2.28. The standard InChI is InChI=1S/C25H48N4O10S6/c30-7-1-9-34-24(32)28-5-15-42-21-41-14-4-27-20-39-37-12-18-45-23-44-17-11-35-25(33)29-6-16-43-22-40-13-3-26-19-38-36-10-2-8-31/h19-20,30-31H,1-18,21-23H2,(H,28,32)(H,29,33). The van der Waals surface area contributed by atoms with E-state index >= 15 is 0 Å². The van der Waals surface area contributed by atoms with Gasteiger partial charge < -0.3 is 40.1 Å². The first kappa shape index (κ1) is 44.4. The van der Waals surface area contributed by atoms with Crippen molar-refractivity contribution in [3.63, 3.8) is 0 Å². The highest BCUT2D eigenvalue weighted by Crippen LogP contribution is 2.13. The Morgan fingerprint density at radius 1 is 0.578 bits per heavy atom. The molecule has 0 aromatic carbocycles. The number of aliphatic imine (C=N–C) groups is 2. The number of nitrogens with one attached hydrogen (secondary N) is 2. The van der Waals surface area contributed by atoms with Crippen molar-refractivity contribution in [3.8, 4) is 0 Å². The highest BCUT2D eigenvalue weighted by atomic mass is 32.2. The number of aliphatic hydroxyl groups excluding tert-OH is 2. The molecule has 0 unspecified atom stereocenters. The van der Waals surface area contributed by atoms with Crippen LogP contribution in [0.5, 0.6) is 0 Å². The fraction of sp³-hybridized carbons (Fsp3) is 0.840. The van der Waals surface area contributed by atoms with Crippen LogP contribution in [-0.2, 0) is 29.0 Å². The van der Waals surface area contributed by atoms with Crippen LogP contribution in [0.4, 0.5) is 9.59 Å². The smallest absolute Gasteiger partial charge is 0.407 e. The number of carbonyl (C=O) groups is 2. The van der Waals surface area contributed by atoms with Crippen LogP contribution in [0.1, 0.15) is 12.8 Å². The predicted molar refractivity (Wildman–Crippen MR) is 192 cm³/mol. The van der Waals surface area contributed by atoms with Crippen LogP contribution in [-0.4, -0.2) is 151 Å². The van der Waals surface area contributed by atoms with Crippen LogP contribution < -0.4 is 10.6 Å². The van der Waals surface area contributed by atoms with Gasteiger partial charge >= 0.3 is 12.2 Å². The lowest BCUT2D eigenvalue weighted by Crippen LogP contribution is -2.27. The van der Waals surface area contributed by atoms with Crippen LogP contribution in [0.3, 0.4) is 0 Å². The average molecular weight is 757 g/mol. The molecule has 0 spiro atoms. The lowest BCUT2D eigenvalue weighted by molar-refractivity contribution is -0.218. The summed E-state index contributed by atoms with van der Waals surface area (Å²) in [6.45, 7) is 3.82. The molecule has 0 aliphatic carbocycles. The maximum Gasteiger partial charge on any atom is 0.407 e. The van der Waals surface area contributed by atoms with Crippen molar-refractivity contribution >= 4 is 95.6 Å². The second-order valence-electron chi connectivity index (χ2n) is 7.94. The van der Waals surface area contributed by atoms with Crippen LogP contribution in [0.2, 0.25) is 0 Å². The summed E-state index contributed by atoms with van der Waals surface area (Å²) in [6, 6.07) is 0. The third-order valence-electron chi connectivity index (χ3n) is 4.33. The molecular formula is C25H48N4O10S6. The van der Waals surface area contributed by atoms with Gasteiger partial charge in [0.05, 0.1) is 26.3 Å². The second kappa shape index (κ2) is 39.6. The van der Waals surface area contributed by atoms with Crippen molar-refractivity contribution in [3.05, 3.63) is 0 Å². The van der Waals surface area contributed by atoms with Gasteiger partial charge in [-0.3, -0.25) is 9.98 Å². The van der Waals surface area contributed by atoms with Gasteiger partial charge in [0, 0.05) is 82.5 Å². The number of nitrogens with zero attached hydrogens (tertiary/aromatic N) is 2. The Morgan fingerprint density at radius 3 is 1.58 bits per heavy atom. The van der Waals surface area contributed by atoms with E-state index < -0.39 is 12.2 Å². The van der Waals surface area contributed by atoms with Gasteiger partial charge in [-0.15, -0.1) is 70.6 Å². The molecule has 0 aliphatic rings. The van der Waals surface area contributed by atoms with Crippen molar-refractivity contribution in [2.45, 2.75) is 12.8 Å². The fourth-order valence-corrected chi connectivity index (χ4v) is 7.87. The minimum atomic E-state index is -0.450. The Bertz CT molecular complexity index is 723. The Morgan fingerprint density at radius 2 is 1.02 bits per heavy atom. The number of alkyl carbamates (subject to hydrolysis) is 2. The van der Waals surface area contributed by atoms with E-state index in [1.807, 2.05) is 0 Å². The second-order valence-corrected chi connectivity index (χ2v) is 15.7. The van der Waals surface area contributed by atoms with Crippen LogP contribution >= 0.6 is 70.6 Å². The zero-order valence-electron chi connectivity index (χ0n) is 25.5. The number of carbonyl (C=O) groups excluding carboxylic acids is 2. The molecule has 0 atom stereocenters. The number of hydrogen-bond donors (Lipinski definition) is 4. The summed E-state index contributed by atoms with van der Waals surface area (Å²) in [6.07, 6.45) is 2.72. The third kappa shape index (κ3) is 39.5. The first-order valence-corrected chi connectivity index (χ1v) is 21.2. The van der Waals surface area contributed by atoms with E-state index in [2.05, 4.69) is 20.6 Å². The molecule has 2 amide bonds. The minimum Gasteiger partial charge on any atom is -0.449 e. The Labute approximate surface area is 292 Å². The van der Waals surface area contributed by atoms with Crippen LogP contribution in [0, 0.1) is 0 Å². The minimum absolute atomic E-state index is 0.00971. The lowest BCUT2D eigenvalue weighted by atomic mass is 10.5. The average Bonchev–Trinajstić information content (AvgIpc) is 3.04. The Balaban J connectivity index is 3.25. The molecule has 14 nitrogen and oxygen atoms in total. The quantitative estimate of drug-likeness (QED) is 0.0187. The number of rotatable bonds is 34. The molecule has 0 rings (SSSR count). The number of amides is 2. The number of hydrogen-bond acceptors (Lipinski definition) is 18. The van der Waals surface area contributed by atoms with E-state index in [0.29, 0.717) is 58.8 Å². The molecule has 264 valence electrons. The monoisotopic (exact) mass is 756 g/mol.